The highest BCUT2D eigenvalue weighted by atomic mass is 19.4. The van der Waals surface area contributed by atoms with Gasteiger partial charge in [0.1, 0.15) is 5.82 Å². The molecule has 2 amide bonds. The van der Waals surface area contributed by atoms with Crippen LogP contribution in [0.3, 0.4) is 0 Å². The van der Waals surface area contributed by atoms with Crippen molar-refractivity contribution >= 4 is 17.6 Å². The van der Waals surface area contributed by atoms with Crippen LogP contribution in [0.2, 0.25) is 0 Å². The number of carbonyl (C=O) groups is 2. The van der Waals surface area contributed by atoms with Crippen LogP contribution < -0.4 is 10.1 Å². The van der Waals surface area contributed by atoms with E-state index >= 15 is 0 Å². The van der Waals surface area contributed by atoms with E-state index in [9.17, 15) is 22.8 Å². The van der Waals surface area contributed by atoms with E-state index < -0.39 is 19.2 Å². The van der Waals surface area contributed by atoms with Crippen LogP contribution in [0.15, 0.2) is 30.6 Å². The Labute approximate surface area is 176 Å². The van der Waals surface area contributed by atoms with Gasteiger partial charge < -0.3 is 15.0 Å². The van der Waals surface area contributed by atoms with Crippen molar-refractivity contribution in [3.05, 3.63) is 47.3 Å². The van der Waals surface area contributed by atoms with Gasteiger partial charge in [-0.1, -0.05) is 6.07 Å². The third kappa shape index (κ3) is 4.78. The molecule has 0 aromatic carbocycles. The number of hydrogen-bond acceptors (Lipinski definition) is 5. The largest absolute Gasteiger partial charge is 0.477 e. The van der Waals surface area contributed by atoms with Crippen molar-refractivity contribution in [2.45, 2.75) is 44.9 Å². The minimum absolute atomic E-state index is 0.0210. The van der Waals surface area contributed by atoms with Crippen molar-refractivity contribution in [2.24, 2.45) is 5.92 Å². The summed E-state index contributed by atoms with van der Waals surface area (Å²) in [6.45, 7) is 1.61. The number of aromatic nitrogens is 2. The summed E-state index contributed by atoms with van der Waals surface area (Å²) in [5.74, 6) is 0.254. The molecule has 0 radical (unpaired) electrons. The molecule has 7 nitrogen and oxygen atoms in total. The molecule has 1 N–H and O–H groups in total. The lowest BCUT2D eigenvalue weighted by atomic mass is 10.1. The first-order valence-electron chi connectivity index (χ1n) is 9.98. The van der Waals surface area contributed by atoms with Crippen LogP contribution in [0.4, 0.5) is 19.0 Å². The van der Waals surface area contributed by atoms with Gasteiger partial charge in [0.2, 0.25) is 11.8 Å². The molecule has 2 aromatic heterocycles. The average Bonchev–Trinajstić information content (AvgIpc) is 3.52. The molecule has 0 bridgehead atoms. The van der Waals surface area contributed by atoms with Crippen LogP contribution in [-0.2, 0) is 11.3 Å². The number of carbonyl (C=O) groups excluding carboxylic acids is 2. The number of rotatable bonds is 7. The first-order chi connectivity index (χ1) is 14.7. The number of ether oxygens (including phenoxy) is 1. The smallest absolute Gasteiger partial charge is 0.392 e. The number of halogens is 3. The van der Waals surface area contributed by atoms with Gasteiger partial charge in [0.05, 0.1) is 25.6 Å². The first-order valence-corrected chi connectivity index (χ1v) is 9.98. The lowest BCUT2D eigenvalue weighted by Gasteiger charge is -2.24. The quantitative estimate of drug-likeness (QED) is 0.715. The Morgan fingerprint density at radius 1 is 1.29 bits per heavy atom. The fourth-order valence-corrected chi connectivity index (χ4v) is 3.41. The summed E-state index contributed by atoms with van der Waals surface area (Å²) in [5.41, 5.74) is 1.88. The molecule has 2 aromatic rings. The molecule has 2 aliphatic rings. The Morgan fingerprint density at radius 3 is 2.71 bits per heavy atom. The van der Waals surface area contributed by atoms with Crippen LogP contribution >= 0.6 is 0 Å². The monoisotopic (exact) mass is 434 g/mol. The van der Waals surface area contributed by atoms with Gasteiger partial charge in [-0.25, -0.2) is 9.97 Å². The Balaban J connectivity index is 1.43. The zero-order valence-corrected chi connectivity index (χ0v) is 16.8. The number of fused-ring (bicyclic) bond motifs is 1. The minimum Gasteiger partial charge on any atom is -0.477 e. The van der Waals surface area contributed by atoms with E-state index in [1.54, 1.807) is 17.0 Å². The highest BCUT2D eigenvalue weighted by Crippen LogP contribution is 2.35. The van der Waals surface area contributed by atoms with Crippen molar-refractivity contribution in [2.75, 3.05) is 11.9 Å². The van der Waals surface area contributed by atoms with E-state index in [1.807, 2.05) is 6.92 Å². The summed E-state index contributed by atoms with van der Waals surface area (Å²) < 4.78 is 41.7. The SMILES string of the molecule is CC(c1ccc(OCCC(F)(F)F)nc1)N1Cc2c(ccnc2NC(=O)C2CC2)C1=O. The Bertz CT molecular complexity index is 990. The normalized spacial score (nSPS) is 16.8. The summed E-state index contributed by atoms with van der Waals surface area (Å²) in [4.78, 5) is 35.0. The fourth-order valence-electron chi connectivity index (χ4n) is 3.41. The molecule has 0 spiro atoms. The third-order valence-corrected chi connectivity index (χ3v) is 5.41. The fraction of sp³-hybridized carbons (Fsp3) is 0.429. The Kier molecular flexibility index (Phi) is 5.55. The molecule has 1 saturated carbocycles. The first kappa shape index (κ1) is 21.1. The van der Waals surface area contributed by atoms with Gasteiger partial charge in [-0.3, -0.25) is 9.59 Å². The van der Waals surface area contributed by atoms with Crippen LogP contribution in [0.25, 0.3) is 0 Å². The maximum Gasteiger partial charge on any atom is 0.392 e. The van der Waals surface area contributed by atoms with Crippen molar-refractivity contribution in [1.82, 2.24) is 14.9 Å². The molecule has 3 heterocycles. The molecule has 31 heavy (non-hydrogen) atoms. The van der Waals surface area contributed by atoms with Crippen molar-refractivity contribution in [3.8, 4) is 5.88 Å². The number of pyridine rings is 2. The maximum atomic E-state index is 12.9. The molecular formula is C21H21F3N4O3. The molecular weight excluding hydrogens is 413 g/mol. The molecule has 10 heteroatoms. The number of hydrogen-bond donors (Lipinski definition) is 1. The van der Waals surface area contributed by atoms with E-state index in [0.717, 1.165) is 12.8 Å². The highest BCUT2D eigenvalue weighted by Gasteiger charge is 2.36. The summed E-state index contributed by atoms with van der Waals surface area (Å²) >= 11 is 0. The predicted octanol–water partition coefficient (Wildman–Crippen LogP) is 3.87. The lowest BCUT2D eigenvalue weighted by Crippen LogP contribution is -2.27. The number of amides is 2. The summed E-state index contributed by atoms with van der Waals surface area (Å²) in [5, 5.41) is 2.82. The van der Waals surface area contributed by atoms with Crippen LogP contribution in [0.5, 0.6) is 5.88 Å². The third-order valence-electron chi connectivity index (χ3n) is 5.41. The van der Waals surface area contributed by atoms with Gasteiger partial charge in [-0.05, 0) is 31.4 Å². The second-order valence-electron chi connectivity index (χ2n) is 7.70. The average molecular weight is 434 g/mol. The standard InChI is InChI=1S/C21H21F3N4O3/c1-12(14-4-5-17(26-10-14)31-9-7-21(22,23)24)28-11-16-15(20(28)30)6-8-25-18(16)27-19(29)13-2-3-13/h4-6,8,10,12-13H,2-3,7,9,11H2,1H3,(H,25,27,29). The number of nitrogens with one attached hydrogen (secondary N) is 1. The van der Waals surface area contributed by atoms with Crippen LogP contribution in [0, 0.1) is 5.92 Å². The zero-order chi connectivity index (χ0) is 22.2. The maximum absolute atomic E-state index is 12.9. The van der Waals surface area contributed by atoms with Crippen molar-refractivity contribution < 1.29 is 27.5 Å². The van der Waals surface area contributed by atoms with E-state index in [2.05, 4.69) is 15.3 Å². The Hall–Kier alpha value is -3.17. The van der Waals surface area contributed by atoms with E-state index in [1.165, 1.54) is 18.5 Å². The van der Waals surface area contributed by atoms with Gasteiger partial charge in [-0.2, -0.15) is 13.2 Å². The molecule has 1 unspecified atom stereocenters. The molecule has 1 atom stereocenters. The van der Waals surface area contributed by atoms with Crippen molar-refractivity contribution in [3.63, 3.8) is 0 Å². The number of anilines is 1. The summed E-state index contributed by atoms with van der Waals surface area (Å²) in [6, 6.07) is 4.44. The minimum atomic E-state index is -4.29. The van der Waals surface area contributed by atoms with Gasteiger partial charge in [0.15, 0.2) is 0 Å². The zero-order valence-electron chi connectivity index (χ0n) is 16.8. The molecule has 1 aliphatic heterocycles. The molecule has 0 saturated heterocycles. The summed E-state index contributed by atoms with van der Waals surface area (Å²) in [7, 11) is 0. The second-order valence-corrected chi connectivity index (χ2v) is 7.70. The lowest BCUT2D eigenvalue weighted by molar-refractivity contribution is -0.139. The van der Waals surface area contributed by atoms with Gasteiger partial charge in [-0.15, -0.1) is 0 Å². The van der Waals surface area contributed by atoms with Gasteiger partial charge >= 0.3 is 6.18 Å². The van der Waals surface area contributed by atoms with Crippen LogP contribution in [-0.4, -0.2) is 39.5 Å². The molecule has 1 fully saturated rings. The topological polar surface area (TPSA) is 84.4 Å². The van der Waals surface area contributed by atoms with E-state index in [0.29, 0.717) is 22.5 Å². The van der Waals surface area contributed by atoms with Gasteiger partial charge in [0, 0.05) is 35.5 Å². The van der Waals surface area contributed by atoms with E-state index in [-0.39, 0.29) is 36.2 Å². The Morgan fingerprint density at radius 2 is 2.06 bits per heavy atom. The molecule has 164 valence electrons. The predicted molar refractivity (Wildman–Crippen MR) is 104 cm³/mol. The van der Waals surface area contributed by atoms with Crippen molar-refractivity contribution in [1.29, 1.82) is 0 Å². The second kappa shape index (κ2) is 8.16. The van der Waals surface area contributed by atoms with Crippen LogP contribution in [0.1, 0.15) is 53.7 Å². The number of alkyl halides is 3. The molecule has 1 aliphatic carbocycles. The summed E-state index contributed by atoms with van der Waals surface area (Å²) in [6.07, 6.45) is -0.621. The van der Waals surface area contributed by atoms with E-state index in [4.69, 9.17) is 4.74 Å². The van der Waals surface area contributed by atoms with Gasteiger partial charge in [0.25, 0.3) is 5.91 Å². The highest BCUT2D eigenvalue weighted by molar-refractivity contribution is 6.02. The molecule has 4 rings (SSSR count). The number of nitrogens with zero attached hydrogens (tertiary/aromatic N) is 3.